The first-order valence-electron chi connectivity index (χ1n) is 18.7. The van der Waals surface area contributed by atoms with E-state index < -0.39 is 0 Å². The fourth-order valence-corrected chi connectivity index (χ4v) is 8.31. The van der Waals surface area contributed by atoms with Gasteiger partial charge in [0.25, 0.3) is 0 Å². The van der Waals surface area contributed by atoms with Crippen molar-refractivity contribution in [2.24, 2.45) is 15.7 Å². The highest BCUT2D eigenvalue weighted by molar-refractivity contribution is 7.27. The molecular formula is C51H44N4S. The van der Waals surface area contributed by atoms with E-state index in [1.807, 2.05) is 59.9 Å². The summed E-state index contributed by atoms with van der Waals surface area (Å²) >= 11 is 1.91. The molecule has 274 valence electrons. The van der Waals surface area contributed by atoms with E-state index in [1.165, 1.54) is 64.7 Å². The van der Waals surface area contributed by atoms with Crippen LogP contribution in [0.15, 0.2) is 198 Å². The number of hydrogen-bond donors (Lipinski definition) is 2. The van der Waals surface area contributed by atoms with Gasteiger partial charge in [-0.1, -0.05) is 175 Å². The lowest BCUT2D eigenvalue weighted by atomic mass is 9.88. The quantitative estimate of drug-likeness (QED) is 0.124. The van der Waals surface area contributed by atoms with Crippen LogP contribution in [0, 0.1) is 12.3 Å². The fourth-order valence-electron chi connectivity index (χ4n) is 6.92. The third kappa shape index (κ3) is 8.81. The van der Waals surface area contributed by atoms with Crippen molar-refractivity contribution in [3.8, 4) is 33.4 Å². The number of dihydropyridines is 1. The molecule has 0 saturated carbocycles. The molecule has 3 N–H and O–H groups in total. The van der Waals surface area contributed by atoms with Crippen LogP contribution in [-0.2, 0) is 0 Å². The van der Waals surface area contributed by atoms with E-state index in [2.05, 4.69) is 158 Å². The number of nitrogen functional groups attached to an aromatic ring is 1. The van der Waals surface area contributed by atoms with Gasteiger partial charge in [-0.3, -0.25) is 15.4 Å². The van der Waals surface area contributed by atoms with E-state index in [-0.39, 0.29) is 11.8 Å². The van der Waals surface area contributed by atoms with Crippen molar-refractivity contribution in [3.63, 3.8) is 0 Å². The molecule has 4 nitrogen and oxygen atoms in total. The molecule has 1 aliphatic rings. The van der Waals surface area contributed by atoms with Gasteiger partial charge in [-0.25, -0.2) is 0 Å². The summed E-state index contributed by atoms with van der Waals surface area (Å²) in [5.41, 5.74) is 17.1. The Balaban J connectivity index is 0.000000249. The third-order valence-electron chi connectivity index (χ3n) is 9.74. The summed E-state index contributed by atoms with van der Waals surface area (Å²) in [6, 6.07) is 61.2. The minimum absolute atomic E-state index is 0.121. The van der Waals surface area contributed by atoms with Crippen LogP contribution in [0.25, 0.3) is 53.6 Å². The van der Waals surface area contributed by atoms with Crippen molar-refractivity contribution in [3.05, 3.63) is 205 Å². The van der Waals surface area contributed by atoms with Gasteiger partial charge in [0.2, 0.25) is 0 Å². The van der Waals surface area contributed by atoms with Crippen molar-refractivity contribution in [2.45, 2.75) is 12.8 Å². The Kier molecular flexibility index (Phi) is 12.2. The first-order chi connectivity index (χ1) is 27.5. The smallest absolute Gasteiger partial charge is 0.122 e. The van der Waals surface area contributed by atoms with Crippen LogP contribution >= 0.6 is 11.3 Å². The largest absolute Gasteiger partial charge is 0.384 e. The summed E-state index contributed by atoms with van der Waals surface area (Å²) < 4.78 is 2.65. The van der Waals surface area contributed by atoms with Gasteiger partial charge in [-0.05, 0) is 65.2 Å². The predicted molar refractivity (Wildman–Crippen MR) is 243 cm³/mol. The molecule has 56 heavy (non-hydrogen) atoms. The summed E-state index contributed by atoms with van der Waals surface area (Å²) in [5.74, 6) is 0.329. The zero-order chi connectivity index (χ0) is 38.7. The van der Waals surface area contributed by atoms with Crippen LogP contribution in [0.4, 0.5) is 0 Å². The number of amidine groups is 1. The number of aryl methyl sites for hydroxylation is 1. The maximum absolute atomic E-state index is 7.01. The first-order valence-corrected chi connectivity index (χ1v) is 19.6. The summed E-state index contributed by atoms with van der Waals surface area (Å²) in [6.45, 7) is 7.01. The van der Waals surface area contributed by atoms with Crippen LogP contribution < -0.4 is 5.73 Å². The molecule has 5 heteroatoms. The van der Waals surface area contributed by atoms with Gasteiger partial charge in [-0.15, -0.1) is 11.3 Å². The van der Waals surface area contributed by atoms with E-state index in [0.717, 1.165) is 17.8 Å². The van der Waals surface area contributed by atoms with Crippen LogP contribution in [0.2, 0.25) is 0 Å². The summed E-state index contributed by atoms with van der Waals surface area (Å²) in [4.78, 5) is 8.89. The number of hydrogen-bond acceptors (Lipinski definition) is 4. The van der Waals surface area contributed by atoms with E-state index in [9.17, 15) is 0 Å². The van der Waals surface area contributed by atoms with Gasteiger partial charge in [0.15, 0.2) is 0 Å². The molecule has 2 heterocycles. The second-order valence-corrected chi connectivity index (χ2v) is 14.6. The van der Waals surface area contributed by atoms with Crippen molar-refractivity contribution in [1.82, 2.24) is 0 Å². The van der Waals surface area contributed by atoms with Crippen molar-refractivity contribution in [1.29, 1.82) is 5.41 Å². The van der Waals surface area contributed by atoms with E-state index in [1.54, 1.807) is 0 Å². The second kappa shape index (κ2) is 18.1. The normalized spacial score (nSPS) is 13.2. The van der Waals surface area contributed by atoms with E-state index in [0.29, 0.717) is 6.54 Å². The zero-order valence-corrected chi connectivity index (χ0v) is 32.3. The van der Waals surface area contributed by atoms with Crippen LogP contribution in [-0.4, -0.2) is 31.4 Å². The topological polar surface area (TPSA) is 74.6 Å². The molecule has 0 fully saturated rings. The lowest BCUT2D eigenvalue weighted by molar-refractivity contribution is 0.845. The molecule has 1 unspecified atom stereocenters. The average molecular weight is 745 g/mol. The van der Waals surface area contributed by atoms with Crippen molar-refractivity contribution >= 4 is 49.8 Å². The van der Waals surface area contributed by atoms with Gasteiger partial charge >= 0.3 is 0 Å². The van der Waals surface area contributed by atoms with Gasteiger partial charge < -0.3 is 5.73 Å². The summed E-state index contributed by atoms with van der Waals surface area (Å²) in [7, 11) is 0. The zero-order valence-electron chi connectivity index (χ0n) is 31.5. The molecular weight excluding hydrogens is 701 g/mol. The Bertz CT molecular complexity index is 2610. The maximum atomic E-state index is 7.01. The predicted octanol–water partition coefficient (Wildman–Crippen LogP) is 12.8. The number of nitrogens with one attached hydrogen (secondary N) is 1. The molecule has 0 aliphatic carbocycles. The number of nitrogens with zero attached hydrogens (tertiary/aromatic N) is 2. The molecule has 9 rings (SSSR count). The molecule has 7 aromatic carbocycles. The second-order valence-electron chi connectivity index (χ2n) is 13.6. The molecule has 0 saturated heterocycles. The molecule has 0 radical (unpaired) electrons. The Morgan fingerprint density at radius 2 is 1.23 bits per heavy atom. The standard InChI is InChI=1S/C37H28N2S.C7H8N2.C7H8/c1-38-24-30-18-17-28(23-39-30)31-19-20-32(26-13-7-3-8-14-26)37-35(31)34-22-29(25-11-5-2-6-12-25)21-33(36(34)40-37)27-15-9-4-10-16-27;8-7(9)6-4-2-1-3-5-6;1-7-5-3-2-4-6-7/h2-22,28H,1,23-24H2;1-5H,(H3,8,9);2-6H,1H3. The number of benzene rings is 7. The lowest BCUT2D eigenvalue weighted by Gasteiger charge is -2.18. The Labute approximate surface area is 333 Å². The molecule has 1 aromatic heterocycles. The fraction of sp³-hybridized carbons (Fsp3) is 0.0784. The SMILES string of the molecule is C=NCC1=NCC(c2ccc(-c3ccccc3)c3sc4c(-c5ccccc5)cc(-c5ccccc5)cc4c23)C=C1.Cc1ccccc1.N=C(N)c1ccccc1. The molecule has 1 atom stereocenters. The molecule has 0 spiro atoms. The Hall–Kier alpha value is -6.69. The monoisotopic (exact) mass is 744 g/mol. The number of thiophene rings is 1. The van der Waals surface area contributed by atoms with Crippen LogP contribution in [0.5, 0.6) is 0 Å². The van der Waals surface area contributed by atoms with Crippen LogP contribution in [0.1, 0.15) is 22.6 Å². The van der Waals surface area contributed by atoms with E-state index in [4.69, 9.17) is 16.1 Å². The lowest BCUT2D eigenvalue weighted by Crippen LogP contribution is -2.11. The highest BCUT2D eigenvalue weighted by atomic mass is 32.1. The first kappa shape index (κ1) is 37.6. The Morgan fingerprint density at radius 1 is 0.679 bits per heavy atom. The molecule has 0 bridgehead atoms. The van der Waals surface area contributed by atoms with Gasteiger partial charge in [0.05, 0.1) is 12.3 Å². The minimum Gasteiger partial charge on any atom is -0.384 e. The van der Waals surface area contributed by atoms with Crippen molar-refractivity contribution < 1.29 is 0 Å². The highest BCUT2D eigenvalue weighted by Gasteiger charge is 2.22. The van der Waals surface area contributed by atoms with Crippen LogP contribution in [0.3, 0.4) is 0 Å². The highest BCUT2D eigenvalue weighted by Crippen LogP contribution is 2.48. The average Bonchev–Trinajstić information content (AvgIpc) is 3.65. The number of fused-ring (bicyclic) bond motifs is 3. The number of nitrogens with two attached hydrogens (primary N) is 1. The molecule has 0 amide bonds. The Morgan fingerprint density at radius 3 is 1.73 bits per heavy atom. The summed E-state index contributed by atoms with van der Waals surface area (Å²) in [6.07, 6.45) is 4.42. The molecule has 1 aliphatic heterocycles. The number of rotatable bonds is 7. The minimum atomic E-state index is 0.121. The van der Waals surface area contributed by atoms with E-state index >= 15 is 0 Å². The van der Waals surface area contributed by atoms with Gasteiger partial charge in [0, 0.05) is 43.8 Å². The number of aliphatic imine (C=N–C) groups is 2. The van der Waals surface area contributed by atoms with Gasteiger partial charge in [-0.2, -0.15) is 0 Å². The molecule has 8 aromatic rings. The summed E-state index contributed by atoms with van der Waals surface area (Å²) in [5, 5.41) is 9.66. The van der Waals surface area contributed by atoms with Gasteiger partial charge in [0.1, 0.15) is 5.84 Å². The van der Waals surface area contributed by atoms with Crippen molar-refractivity contribution in [2.75, 3.05) is 13.1 Å². The maximum Gasteiger partial charge on any atom is 0.122 e. The third-order valence-corrected chi connectivity index (χ3v) is 11.0.